The largest absolute Gasteiger partial charge is 0.271 e. The molecule has 0 aliphatic carbocycles. The number of hydrogen-bond acceptors (Lipinski definition) is 4. The molecule has 5 nitrogen and oxygen atoms in total. The zero-order valence-corrected chi connectivity index (χ0v) is 13.6. The number of nitrogens with zero attached hydrogens (tertiary/aromatic N) is 3. The number of nitrogens with one attached hydrogen (secondary N) is 1. The van der Waals surface area contributed by atoms with Gasteiger partial charge in [0.1, 0.15) is 12.2 Å². The molecule has 0 radical (unpaired) electrons. The van der Waals surface area contributed by atoms with Crippen molar-refractivity contribution in [1.29, 1.82) is 0 Å². The molecule has 0 aliphatic rings. The zero-order chi connectivity index (χ0) is 15.4. The lowest BCUT2D eigenvalue weighted by atomic mass is 10.0. The topological polar surface area (TPSA) is 68.8 Å². The van der Waals surface area contributed by atoms with Crippen LogP contribution in [0.2, 0.25) is 10.0 Å². The smallest absolute Gasteiger partial charge is 0.138 e. The monoisotopic (exact) mass is 327 g/mol. The summed E-state index contributed by atoms with van der Waals surface area (Å²) in [6.07, 6.45) is 2.12. The van der Waals surface area contributed by atoms with Gasteiger partial charge in [-0.3, -0.25) is 11.3 Å². The van der Waals surface area contributed by atoms with Crippen LogP contribution in [-0.4, -0.2) is 14.8 Å². The van der Waals surface area contributed by atoms with Crippen molar-refractivity contribution in [3.05, 3.63) is 46.0 Å². The molecule has 2 rings (SSSR count). The number of nitrogens with two attached hydrogens (primary N) is 1. The van der Waals surface area contributed by atoms with Gasteiger partial charge in [0.15, 0.2) is 0 Å². The molecular formula is C14H19Cl2N5. The predicted octanol–water partition coefficient (Wildman–Crippen LogP) is 2.99. The minimum Gasteiger partial charge on any atom is -0.271 e. The van der Waals surface area contributed by atoms with Gasteiger partial charge >= 0.3 is 0 Å². The Morgan fingerprint density at radius 2 is 1.95 bits per heavy atom. The molecular weight excluding hydrogens is 309 g/mol. The van der Waals surface area contributed by atoms with Crippen LogP contribution in [0.4, 0.5) is 0 Å². The van der Waals surface area contributed by atoms with Gasteiger partial charge in [0.05, 0.1) is 6.04 Å². The van der Waals surface area contributed by atoms with E-state index in [0.29, 0.717) is 22.4 Å². The lowest BCUT2D eigenvalue weighted by Gasteiger charge is -2.19. The van der Waals surface area contributed by atoms with E-state index >= 15 is 0 Å². The Bertz CT molecular complexity index is 577. The molecule has 1 atom stereocenters. The first-order chi connectivity index (χ1) is 10.0. The van der Waals surface area contributed by atoms with Gasteiger partial charge in [0, 0.05) is 28.6 Å². The molecule has 0 saturated heterocycles. The highest BCUT2D eigenvalue weighted by atomic mass is 35.5. The Morgan fingerprint density at radius 1 is 1.29 bits per heavy atom. The van der Waals surface area contributed by atoms with E-state index in [1.54, 1.807) is 18.5 Å². The SMILES string of the molecule is CC(C)Cn1ncnc1CC(NN)c1c(Cl)cccc1Cl. The molecule has 0 aliphatic heterocycles. The molecule has 0 saturated carbocycles. The Morgan fingerprint density at radius 3 is 2.52 bits per heavy atom. The second kappa shape index (κ2) is 7.22. The molecule has 1 heterocycles. The highest BCUT2D eigenvalue weighted by molar-refractivity contribution is 6.36. The number of rotatable bonds is 6. The second-order valence-electron chi connectivity index (χ2n) is 5.31. The Kier molecular flexibility index (Phi) is 5.58. The van der Waals surface area contributed by atoms with Crippen molar-refractivity contribution in [3.8, 4) is 0 Å². The van der Waals surface area contributed by atoms with Crippen molar-refractivity contribution in [2.75, 3.05) is 0 Å². The molecule has 0 fully saturated rings. The summed E-state index contributed by atoms with van der Waals surface area (Å²) in [5, 5.41) is 5.42. The number of halogens is 2. The van der Waals surface area contributed by atoms with Gasteiger partial charge in [-0.15, -0.1) is 0 Å². The maximum absolute atomic E-state index is 6.24. The third kappa shape index (κ3) is 3.95. The highest BCUT2D eigenvalue weighted by Crippen LogP contribution is 2.31. The summed E-state index contributed by atoms with van der Waals surface area (Å²) in [6, 6.07) is 5.18. The van der Waals surface area contributed by atoms with Crippen LogP contribution >= 0.6 is 23.2 Å². The minimum absolute atomic E-state index is 0.221. The van der Waals surface area contributed by atoms with Crippen molar-refractivity contribution in [1.82, 2.24) is 20.2 Å². The van der Waals surface area contributed by atoms with E-state index in [2.05, 4.69) is 29.4 Å². The van der Waals surface area contributed by atoms with Crippen molar-refractivity contribution in [2.24, 2.45) is 11.8 Å². The van der Waals surface area contributed by atoms with Crippen molar-refractivity contribution in [3.63, 3.8) is 0 Å². The fourth-order valence-corrected chi connectivity index (χ4v) is 2.88. The standard InChI is InChI=1S/C14H19Cl2N5/c1-9(2)7-21-13(18-8-19-21)6-12(20-17)14-10(15)4-3-5-11(14)16/h3-5,8-9,12,20H,6-7,17H2,1-2H3. The van der Waals surface area contributed by atoms with Crippen LogP contribution < -0.4 is 11.3 Å². The molecule has 0 amide bonds. The van der Waals surface area contributed by atoms with Crippen LogP contribution in [-0.2, 0) is 13.0 Å². The number of hydrazine groups is 1. The van der Waals surface area contributed by atoms with Gasteiger partial charge in [-0.2, -0.15) is 5.10 Å². The molecule has 1 aromatic carbocycles. The first kappa shape index (κ1) is 16.2. The average molecular weight is 328 g/mol. The van der Waals surface area contributed by atoms with Gasteiger partial charge < -0.3 is 0 Å². The quantitative estimate of drug-likeness (QED) is 0.632. The lowest BCUT2D eigenvalue weighted by molar-refractivity contribution is 0.446. The molecule has 114 valence electrons. The third-order valence-electron chi connectivity index (χ3n) is 3.17. The van der Waals surface area contributed by atoms with Crippen LogP contribution in [0.1, 0.15) is 31.3 Å². The summed E-state index contributed by atoms with van der Waals surface area (Å²) in [5.41, 5.74) is 3.55. The van der Waals surface area contributed by atoms with Gasteiger partial charge in [-0.1, -0.05) is 43.1 Å². The first-order valence-electron chi connectivity index (χ1n) is 6.79. The van der Waals surface area contributed by atoms with Crippen LogP contribution in [0.5, 0.6) is 0 Å². The van der Waals surface area contributed by atoms with Crippen LogP contribution in [0.25, 0.3) is 0 Å². The summed E-state index contributed by atoms with van der Waals surface area (Å²) in [5.74, 6) is 7.02. The summed E-state index contributed by atoms with van der Waals surface area (Å²) in [6.45, 7) is 5.08. The molecule has 1 aromatic heterocycles. The molecule has 0 bridgehead atoms. The van der Waals surface area contributed by atoms with Gasteiger partial charge in [0.25, 0.3) is 0 Å². The third-order valence-corrected chi connectivity index (χ3v) is 3.83. The van der Waals surface area contributed by atoms with Crippen molar-refractivity contribution >= 4 is 23.2 Å². The van der Waals surface area contributed by atoms with Gasteiger partial charge in [-0.05, 0) is 18.1 Å². The summed E-state index contributed by atoms with van der Waals surface area (Å²) >= 11 is 12.5. The van der Waals surface area contributed by atoms with E-state index in [1.807, 2.05) is 10.7 Å². The summed E-state index contributed by atoms with van der Waals surface area (Å²) in [7, 11) is 0. The molecule has 2 aromatic rings. The van der Waals surface area contributed by atoms with Crippen LogP contribution in [0, 0.1) is 5.92 Å². The molecule has 3 N–H and O–H groups in total. The first-order valence-corrected chi connectivity index (χ1v) is 7.55. The van der Waals surface area contributed by atoms with E-state index in [9.17, 15) is 0 Å². The Balaban J connectivity index is 2.26. The fourth-order valence-electron chi connectivity index (χ4n) is 2.22. The maximum Gasteiger partial charge on any atom is 0.138 e. The van der Waals surface area contributed by atoms with E-state index in [1.165, 1.54) is 0 Å². The fraction of sp³-hybridized carbons (Fsp3) is 0.429. The van der Waals surface area contributed by atoms with Crippen molar-refractivity contribution < 1.29 is 0 Å². The van der Waals surface area contributed by atoms with Gasteiger partial charge in [-0.25, -0.2) is 9.67 Å². The van der Waals surface area contributed by atoms with E-state index in [4.69, 9.17) is 29.0 Å². The second-order valence-corrected chi connectivity index (χ2v) is 6.13. The van der Waals surface area contributed by atoms with E-state index in [-0.39, 0.29) is 6.04 Å². The minimum atomic E-state index is -0.221. The maximum atomic E-state index is 6.24. The number of aromatic nitrogens is 3. The highest BCUT2D eigenvalue weighted by Gasteiger charge is 2.20. The average Bonchev–Trinajstić information content (AvgIpc) is 2.83. The Hall–Kier alpha value is -1.14. The van der Waals surface area contributed by atoms with Gasteiger partial charge in [0.2, 0.25) is 0 Å². The molecule has 7 heteroatoms. The number of benzene rings is 1. The number of hydrogen-bond donors (Lipinski definition) is 2. The molecule has 21 heavy (non-hydrogen) atoms. The van der Waals surface area contributed by atoms with Crippen LogP contribution in [0.15, 0.2) is 24.5 Å². The Labute approximate surface area is 134 Å². The molecule has 1 unspecified atom stereocenters. The van der Waals surface area contributed by atoms with Crippen LogP contribution in [0.3, 0.4) is 0 Å². The summed E-state index contributed by atoms with van der Waals surface area (Å²) in [4.78, 5) is 4.31. The van der Waals surface area contributed by atoms with E-state index < -0.39 is 0 Å². The zero-order valence-electron chi connectivity index (χ0n) is 12.1. The lowest BCUT2D eigenvalue weighted by Crippen LogP contribution is -2.31. The summed E-state index contributed by atoms with van der Waals surface area (Å²) < 4.78 is 1.89. The van der Waals surface area contributed by atoms with Crippen molar-refractivity contribution in [2.45, 2.75) is 32.9 Å². The van der Waals surface area contributed by atoms with E-state index in [0.717, 1.165) is 17.9 Å². The molecule has 0 spiro atoms. The normalized spacial score (nSPS) is 12.9. The predicted molar refractivity (Wildman–Crippen MR) is 85.1 cm³/mol.